The Morgan fingerprint density at radius 1 is 1.00 bits per heavy atom. The summed E-state index contributed by atoms with van der Waals surface area (Å²) in [6, 6.07) is 14.8. The van der Waals surface area contributed by atoms with Gasteiger partial charge in [-0.05, 0) is 41.5 Å². The van der Waals surface area contributed by atoms with E-state index in [-0.39, 0.29) is 0 Å². The van der Waals surface area contributed by atoms with Crippen LogP contribution in [0.25, 0.3) is 11.1 Å². The van der Waals surface area contributed by atoms with Crippen molar-refractivity contribution in [3.63, 3.8) is 0 Å². The third-order valence-corrected chi connectivity index (χ3v) is 2.49. The molecule has 0 aromatic heterocycles. The highest BCUT2D eigenvalue weighted by atomic mass is 35.5. The van der Waals surface area contributed by atoms with Crippen LogP contribution in [0, 0.1) is 11.3 Å². The van der Waals surface area contributed by atoms with E-state index < -0.39 is 0 Å². The van der Waals surface area contributed by atoms with E-state index in [1.165, 1.54) is 0 Å². The van der Waals surface area contributed by atoms with Crippen molar-refractivity contribution in [1.29, 1.82) is 5.26 Å². The molecule has 78 valence electrons. The Bertz CT molecular complexity index is 553. The lowest BCUT2D eigenvalue weighted by molar-refractivity contribution is 1.48. The van der Waals surface area contributed by atoms with Gasteiger partial charge in [-0.1, -0.05) is 23.7 Å². The fourth-order valence-electron chi connectivity index (χ4n) is 1.50. The van der Waals surface area contributed by atoms with E-state index in [4.69, 9.17) is 22.6 Å². The number of anilines is 1. The van der Waals surface area contributed by atoms with Gasteiger partial charge in [-0.25, -0.2) is 0 Å². The van der Waals surface area contributed by atoms with E-state index in [0.29, 0.717) is 16.3 Å². The average molecular weight is 229 g/mol. The first kappa shape index (κ1) is 10.5. The molecule has 0 amide bonds. The normalized spacial score (nSPS) is 9.75. The van der Waals surface area contributed by atoms with Gasteiger partial charge >= 0.3 is 0 Å². The van der Waals surface area contributed by atoms with Crippen LogP contribution < -0.4 is 5.73 Å². The molecular weight excluding hydrogens is 220 g/mol. The number of rotatable bonds is 1. The number of halogens is 1. The van der Waals surface area contributed by atoms with Gasteiger partial charge < -0.3 is 5.73 Å². The largest absolute Gasteiger partial charge is 0.399 e. The summed E-state index contributed by atoms with van der Waals surface area (Å²) in [4.78, 5) is 0. The van der Waals surface area contributed by atoms with Crippen LogP contribution in [-0.4, -0.2) is 0 Å². The van der Waals surface area contributed by atoms with Crippen LogP contribution in [0.1, 0.15) is 5.56 Å². The van der Waals surface area contributed by atoms with Crippen LogP contribution in [0.4, 0.5) is 5.69 Å². The zero-order chi connectivity index (χ0) is 11.5. The summed E-state index contributed by atoms with van der Waals surface area (Å²) in [6.45, 7) is 0. The molecule has 2 rings (SSSR count). The van der Waals surface area contributed by atoms with Gasteiger partial charge in [0.25, 0.3) is 0 Å². The van der Waals surface area contributed by atoms with Crippen LogP contribution >= 0.6 is 11.6 Å². The molecule has 2 nitrogen and oxygen atoms in total. The van der Waals surface area contributed by atoms with Crippen molar-refractivity contribution in [2.45, 2.75) is 0 Å². The lowest BCUT2D eigenvalue weighted by atomic mass is 10.0. The number of nitrogens with two attached hydrogens (primary N) is 1. The molecule has 16 heavy (non-hydrogen) atoms. The first-order valence-electron chi connectivity index (χ1n) is 4.75. The van der Waals surface area contributed by atoms with Gasteiger partial charge in [-0.3, -0.25) is 0 Å². The quantitative estimate of drug-likeness (QED) is 0.760. The summed E-state index contributed by atoms with van der Waals surface area (Å²) in [7, 11) is 0. The highest BCUT2D eigenvalue weighted by molar-refractivity contribution is 6.31. The number of nitrogens with zero attached hydrogens (tertiary/aromatic N) is 1. The summed E-state index contributed by atoms with van der Waals surface area (Å²) in [5, 5.41) is 9.41. The maximum absolute atomic E-state index is 8.85. The van der Waals surface area contributed by atoms with Gasteiger partial charge in [0, 0.05) is 10.7 Å². The lowest BCUT2D eigenvalue weighted by Gasteiger charge is -2.03. The predicted molar refractivity (Wildman–Crippen MR) is 66.0 cm³/mol. The second kappa shape index (κ2) is 4.26. The first-order chi connectivity index (χ1) is 7.69. The molecule has 2 aromatic carbocycles. The highest BCUT2D eigenvalue weighted by Crippen LogP contribution is 2.25. The molecule has 0 aliphatic carbocycles. The first-order valence-corrected chi connectivity index (χ1v) is 5.13. The van der Waals surface area contributed by atoms with Gasteiger partial charge in [0.15, 0.2) is 0 Å². The molecule has 0 aliphatic rings. The lowest BCUT2D eigenvalue weighted by Crippen LogP contribution is -1.85. The van der Waals surface area contributed by atoms with E-state index in [2.05, 4.69) is 6.07 Å². The molecule has 2 aromatic rings. The summed E-state index contributed by atoms with van der Waals surface area (Å²) in [5.74, 6) is 0. The number of nitrogen functional groups attached to an aromatic ring is 1. The molecule has 0 aliphatic heterocycles. The molecule has 0 unspecified atom stereocenters. The Labute approximate surface area is 98.9 Å². The number of nitriles is 1. The average Bonchev–Trinajstić information content (AvgIpc) is 2.29. The monoisotopic (exact) mass is 228 g/mol. The second-order valence-electron chi connectivity index (χ2n) is 3.46. The standard InChI is InChI=1S/C13H9ClN2/c14-12-6-9(8-15)5-11(7-12)10-1-3-13(16)4-2-10/h1-7H,16H2. The van der Waals surface area contributed by atoms with Crippen molar-refractivity contribution in [2.24, 2.45) is 0 Å². The Balaban J connectivity index is 2.52. The molecule has 0 heterocycles. The molecule has 0 radical (unpaired) electrons. The zero-order valence-electron chi connectivity index (χ0n) is 8.44. The van der Waals surface area contributed by atoms with Crippen molar-refractivity contribution in [2.75, 3.05) is 5.73 Å². The Kier molecular flexibility index (Phi) is 2.80. The van der Waals surface area contributed by atoms with Crippen LogP contribution in [0.2, 0.25) is 5.02 Å². The maximum atomic E-state index is 8.85. The third-order valence-electron chi connectivity index (χ3n) is 2.27. The van der Waals surface area contributed by atoms with Crippen LogP contribution in [0.5, 0.6) is 0 Å². The van der Waals surface area contributed by atoms with Gasteiger partial charge in [-0.2, -0.15) is 5.26 Å². The fraction of sp³-hybridized carbons (Fsp3) is 0. The fourth-order valence-corrected chi connectivity index (χ4v) is 1.73. The molecule has 2 N–H and O–H groups in total. The topological polar surface area (TPSA) is 49.8 Å². The van der Waals surface area contributed by atoms with Crippen molar-refractivity contribution in [3.8, 4) is 17.2 Å². The van der Waals surface area contributed by atoms with E-state index in [9.17, 15) is 0 Å². The molecule has 0 spiro atoms. The minimum Gasteiger partial charge on any atom is -0.399 e. The van der Waals surface area contributed by atoms with E-state index in [1.807, 2.05) is 30.3 Å². The minimum atomic E-state index is 0.555. The highest BCUT2D eigenvalue weighted by Gasteiger charge is 2.01. The maximum Gasteiger partial charge on any atom is 0.0992 e. The van der Waals surface area contributed by atoms with Gasteiger partial charge in [-0.15, -0.1) is 0 Å². The van der Waals surface area contributed by atoms with Crippen LogP contribution in [-0.2, 0) is 0 Å². The summed E-state index contributed by atoms with van der Waals surface area (Å²) in [5.41, 5.74) is 8.80. The van der Waals surface area contributed by atoms with Gasteiger partial charge in [0.2, 0.25) is 0 Å². The van der Waals surface area contributed by atoms with Crippen LogP contribution in [0.15, 0.2) is 42.5 Å². The Morgan fingerprint density at radius 3 is 2.31 bits per heavy atom. The SMILES string of the molecule is N#Cc1cc(Cl)cc(-c2ccc(N)cc2)c1. The smallest absolute Gasteiger partial charge is 0.0992 e. The van der Waals surface area contributed by atoms with E-state index >= 15 is 0 Å². The van der Waals surface area contributed by atoms with Crippen molar-refractivity contribution >= 4 is 17.3 Å². The molecule has 0 saturated heterocycles. The summed E-state index contributed by atoms with van der Waals surface area (Å²) in [6.07, 6.45) is 0. The molecule has 3 heteroatoms. The number of benzene rings is 2. The van der Waals surface area contributed by atoms with E-state index in [0.717, 1.165) is 11.1 Å². The number of hydrogen-bond donors (Lipinski definition) is 1. The Hall–Kier alpha value is -1.98. The van der Waals surface area contributed by atoms with Gasteiger partial charge in [0.05, 0.1) is 11.6 Å². The predicted octanol–water partition coefficient (Wildman–Crippen LogP) is 3.46. The molecular formula is C13H9ClN2. The molecule has 0 saturated carbocycles. The second-order valence-corrected chi connectivity index (χ2v) is 3.90. The van der Waals surface area contributed by atoms with Crippen molar-refractivity contribution in [3.05, 3.63) is 53.1 Å². The summed E-state index contributed by atoms with van der Waals surface area (Å²) >= 11 is 5.93. The third kappa shape index (κ3) is 2.16. The summed E-state index contributed by atoms with van der Waals surface area (Å²) < 4.78 is 0. The van der Waals surface area contributed by atoms with Crippen molar-refractivity contribution in [1.82, 2.24) is 0 Å². The molecule has 0 bridgehead atoms. The Morgan fingerprint density at radius 2 is 1.69 bits per heavy atom. The van der Waals surface area contributed by atoms with Crippen LogP contribution in [0.3, 0.4) is 0 Å². The molecule has 0 atom stereocenters. The number of hydrogen-bond acceptors (Lipinski definition) is 2. The molecule has 0 fully saturated rings. The van der Waals surface area contributed by atoms with Crippen molar-refractivity contribution < 1.29 is 0 Å². The van der Waals surface area contributed by atoms with E-state index in [1.54, 1.807) is 12.1 Å². The minimum absolute atomic E-state index is 0.555. The zero-order valence-corrected chi connectivity index (χ0v) is 9.20. The van der Waals surface area contributed by atoms with Gasteiger partial charge in [0.1, 0.15) is 0 Å².